The number of rotatable bonds is 3. The first-order valence-electron chi connectivity index (χ1n) is 6.06. The van der Waals surface area contributed by atoms with E-state index in [1.165, 1.54) is 12.1 Å². The average Bonchev–Trinajstić information content (AvgIpc) is 2.33. The molecule has 2 rings (SSSR count). The lowest BCUT2D eigenvalue weighted by atomic mass is 9.95. The molecule has 1 saturated heterocycles. The maximum absolute atomic E-state index is 13.5. The third-order valence-corrected chi connectivity index (χ3v) is 3.44. The SMILES string of the molecule is N=C(N)C1CCN(Cc2ccc(F)cc2F)CC1. The molecule has 1 fully saturated rings. The van der Waals surface area contributed by atoms with Crippen molar-refractivity contribution in [1.29, 1.82) is 5.41 Å². The van der Waals surface area contributed by atoms with Gasteiger partial charge in [0.25, 0.3) is 0 Å². The number of hydrogen-bond acceptors (Lipinski definition) is 2. The van der Waals surface area contributed by atoms with Gasteiger partial charge in [-0.25, -0.2) is 8.78 Å². The first kappa shape index (κ1) is 13.0. The summed E-state index contributed by atoms with van der Waals surface area (Å²) in [5.74, 6) is -0.655. The molecular formula is C13H17F2N3. The predicted molar refractivity (Wildman–Crippen MR) is 66.3 cm³/mol. The minimum absolute atomic E-state index is 0.152. The van der Waals surface area contributed by atoms with E-state index in [1.807, 2.05) is 0 Å². The van der Waals surface area contributed by atoms with Gasteiger partial charge in [-0.3, -0.25) is 10.3 Å². The van der Waals surface area contributed by atoms with E-state index in [0.29, 0.717) is 12.1 Å². The average molecular weight is 253 g/mol. The molecule has 18 heavy (non-hydrogen) atoms. The van der Waals surface area contributed by atoms with Gasteiger partial charge in [-0.05, 0) is 32.0 Å². The fraction of sp³-hybridized carbons (Fsp3) is 0.462. The molecule has 0 radical (unpaired) electrons. The van der Waals surface area contributed by atoms with E-state index in [9.17, 15) is 8.78 Å². The summed E-state index contributed by atoms with van der Waals surface area (Å²) in [6, 6.07) is 3.68. The van der Waals surface area contributed by atoms with Gasteiger partial charge >= 0.3 is 0 Å². The maximum atomic E-state index is 13.5. The number of hydrogen-bond donors (Lipinski definition) is 2. The van der Waals surface area contributed by atoms with E-state index in [4.69, 9.17) is 11.1 Å². The molecule has 1 aliphatic heterocycles. The predicted octanol–water partition coefficient (Wildman–Crippen LogP) is 2.11. The molecule has 1 aliphatic rings. The van der Waals surface area contributed by atoms with E-state index in [0.717, 1.165) is 32.0 Å². The zero-order valence-corrected chi connectivity index (χ0v) is 10.1. The number of halogens is 2. The monoisotopic (exact) mass is 253 g/mol. The molecule has 0 spiro atoms. The molecule has 0 aliphatic carbocycles. The highest BCUT2D eigenvalue weighted by molar-refractivity contribution is 5.79. The number of piperidine rings is 1. The van der Waals surface area contributed by atoms with Crippen molar-refractivity contribution >= 4 is 5.84 Å². The van der Waals surface area contributed by atoms with Crippen molar-refractivity contribution in [3.8, 4) is 0 Å². The van der Waals surface area contributed by atoms with Gasteiger partial charge in [0.1, 0.15) is 11.6 Å². The molecular weight excluding hydrogens is 236 g/mol. The summed E-state index contributed by atoms with van der Waals surface area (Å²) in [4.78, 5) is 2.11. The molecule has 0 unspecified atom stereocenters. The molecule has 3 nitrogen and oxygen atoms in total. The highest BCUT2D eigenvalue weighted by Gasteiger charge is 2.21. The van der Waals surface area contributed by atoms with Crippen molar-refractivity contribution in [2.24, 2.45) is 11.7 Å². The fourth-order valence-corrected chi connectivity index (χ4v) is 2.29. The molecule has 0 aromatic heterocycles. The van der Waals surface area contributed by atoms with E-state index >= 15 is 0 Å². The Hall–Kier alpha value is -1.49. The van der Waals surface area contributed by atoms with Crippen LogP contribution in [0.1, 0.15) is 18.4 Å². The van der Waals surface area contributed by atoms with Crippen molar-refractivity contribution in [2.45, 2.75) is 19.4 Å². The van der Waals surface area contributed by atoms with Crippen LogP contribution in [0.15, 0.2) is 18.2 Å². The van der Waals surface area contributed by atoms with Gasteiger partial charge in [0.2, 0.25) is 0 Å². The van der Waals surface area contributed by atoms with Crippen LogP contribution in [0.5, 0.6) is 0 Å². The topological polar surface area (TPSA) is 53.1 Å². The van der Waals surface area contributed by atoms with Gasteiger partial charge in [0.15, 0.2) is 0 Å². The zero-order chi connectivity index (χ0) is 13.1. The summed E-state index contributed by atoms with van der Waals surface area (Å²) in [7, 11) is 0. The molecule has 98 valence electrons. The molecule has 0 saturated carbocycles. The highest BCUT2D eigenvalue weighted by Crippen LogP contribution is 2.20. The van der Waals surface area contributed by atoms with Crippen molar-refractivity contribution < 1.29 is 8.78 Å². The van der Waals surface area contributed by atoms with Gasteiger partial charge in [-0.1, -0.05) is 6.07 Å². The molecule has 1 aromatic rings. The Kier molecular flexibility index (Phi) is 3.91. The van der Waals surface area contributed by atoms with Crippen LogP contribution < -0.4 is 5.73 Å². The largest absolute Gasteiger partial charge is 0.387 e. The van der Waals surface area contributed by atoms with Crippen molar-refractivity contribution in [1.82, 2.24) is 4.90 Å². The number of nitrogens with one attached hydrogen (secondary N) is 1. The summed E-state index contributed by atoms with van der Waals surface area (Å²) < 4.78 is 26.3. The lowest BCUT2D eigenvalue weighted by Gasteiger charge is -2.31. The summed E-state index contributed by atoms with van der Waals surface area (Å²) >= 11 is 0. The van der Waals surface area contributed by atoms with Gasteiger partial charge < -0.3 is 5.73 Å². The summed E-state index contributed by atoms with van der Waals surface area (Å²) in [6.45, 7) is 2.07. The van der Waals surface area contributed by atoms with Gasteiger partial charge in [0.05, 0.1) is 5.84 Å². The second-order valence-corrected chi connectivity index (χ2v) is 4.74. The quantitative estimate of drug-likeness (QED) is 0.640. The van der Waals surface area contributed by atoms with Crippen molar-refractivity contribution in [2.75, 3.05) is 13.1 Å². The Balaban J connectivity index is 1.93. The number of nitrogens with zero attached hydrogens (tertiary/aromatic N) is 1. The number of amidine groups is 1. The minimum atomic E-state index is -0.550. The van der Waals surface area contributed by atoms with Crippen LogP contribution in [-0.4, -0.2) is 23.8 Å². The first-order valence-corrected chi connectivity index (χ1v) is 6.06. The third-order valence-electron chi connectivity index (χ3n) is 3.44. The van der Waals surface area contributed by atoms with Gasteiger partial charge in [0, 0.05) is 24.1 Å². The normalized spacial score (nSPS) is 17.9. The lowest BCUT2D eigenvalue weighted by Crippen LogP contribution is -2.38. The zero-order valence-electron chi connectivity index (χ0n) is 10.1. The highest BCUT2D eigenvalue weighted by atomic mass is 19.1. The van der Waals surface area contributed by atoms with E-state index < -0.39 is 11.6 Å². The Morgan fingerprint density at radius 2 is 2.00 bits per heavy atom. The summed E-state index contributed by atoms with van der Waals surface area (Å²) in [5, 5.41) is 7.39. The van der Waals surface area contributed by atoms with Crippen LogP contribution >= 0.6 is 0 Å². The van der Waals surface area contributed by atoms with E-state index in [2.05, 4.69) is 4.90 Å². The summed E-state index contributed by atoms with van der Waals surface area (Å²) in [5.41, 5.74) is 5.98. The maximum Gasteiger partial charge on any atom is 0.130 e. The molecule has 0 atom stereocenters. The second kappa shape index (κ2) is 5.44. The number of nitrogens with two attached hydrogens (primary N) is 1. The lowest BCUT2D eigenvalue weighted by molar-refractivity contribution is 0.199. The Bertz CT molecular complexity index is 440. The second-order valence-electron chi connectivity index (χ2n) is 4.74. The standard InChI is InChI=1S/C13H17F2N3/c14-11-2-1-10(12(15)7-11)8-18-5-3-9(4-6-18)13(16)17/h1-2,7,9H,3-6,8H2,(H3,16,17). The van der Waals surface area contributed by atoms with Crippen molar-refractivity contribution in [3.63, 3.8) is 0 Å². The van der Waals surface area contributed by atoms with Crippen LogP contribution in [0, 0.1) is 23.0 Å². The fourth-order valence-electron chi connectivity index (χ4n) is 2.29. The van der Waals surface area contributed by atoms with Crippen LogP contribution in [0.3, 0.4) is 0 Å². The first-order chi connectivity index (χ1) is 8.56. The third kappa shape index (κ3) is 3.04. The molecule has 5 heteroatoms. The Morgan fingerprint density at radius 3 is 2.56 bits per heavy atom. The van der Waals surface area contributed by atoms with Gasteiger partial charge in [-0.15, -0.1) is 0 Å². The van der Waals surface area contributed by atoms with Crippen molar-refractivity contribution in [3.05, 3.63) is 35.4 Å². The van der Waals surface area contributed by atoms with Gasteiger partial charge in [-0.2, -0.15) is 0 Å². The van der Waals surface area contributed by atoms with Crippen LogP contribution in [0.4, 0.5) is 8.78 Å². The molecule has 1 heterocycles. The van der Waals surface area contributed by atoms with E-state index in [1.54, 1.807) is 0 Å². The number of benzene rings is 1. The summed E-state index contributed by atoms with van der Waals surface area (Å²) in [6.07, 6.45) is 1.66. The molecule has 0 bridgehead atoms. The Labute approximate surface area is 105 Å². The van der Waals surface area contributed by atoms with Crippen LogP contribution in [0.25, 0.3) is 0 Å². The van der Waals surface area contributed by atoms with Crippen LogP contribution in [-0.2, 0) is 6.54 Å². The molecule has 3 N–H and O–H groups in total. The number of likely N-dealkylation sites (tertiary alicyclic amines) is 1. The van der Waals surface area contributed by atoms with Crippen LogP contribution in [0.2, 0.25) is 0 Å². The Morgan fingerprint density at radius 1 is 1.33 bits per heavy atom. The minimum Gasteiger partial charge on any atom is -0.387 e. The smallest absolute Gasteiger partial charge is 0.130 e. The molecule has 1 aromatic carbocycles. The van der Waals surface area contributed by atoms with E-state index in [-0.39, 0.29) is 11.8 Å². The molecule has 0 amide bonds.